The molecular weight excluding hydrogens is 1090 g/mol. The maximum atomic E-state index is 13.5. The van der Waals surface area contributed by atoms with Gasteiger partial charge in [0, 0.05) is 6.42 Å². The number of unbranched alkanes of at least 4 members (excludes halogenated alkanes) is 51. The largest absolute Gasteiger partial charge is 0.454 e. The molecule has 1 fully saturated rings. The molecule has 8 unspecified atom stereocenters. The van der Waals surface area contributed by atoms with Gasteiger partial charge >= 0.3 is 5.97 Å². The summed E-state index contributed by atoms with van der Waals surface area (Å²) in [6.07, 6.45) is 68.0. The smallest absolute Gasteiger partial charge is 0.306 e. The lowest BCUT2D eigenvalue weighted by Crippen LogP contribution is -2.61. The van der Waals surface area contributed by atoms with Crippen molar-refractivity contribution in [1.29, 1.82) is 0 Å². The number of esters is 1. The van der Waals surface area contributed by atoms with Crippen molar-refractivity contribution in [3.8, 4) is 0 Å². The lowest BCUT2D eigenvalue weighted by atomic mass is 9.99. The summed E-state index contributed by atoms with van der Waals surface area (Å²) in [5.74, 6) is -1.17. The van der Waals surface area contributed by atoms with Crippen molar-refractivity contribution in [3.63, 3.8) is 0 Å². The Bertz CT molecular complexity index is 1510. The summed E-state index contributed by atoms with van der Waals surface area (Å²) >= 11 is 0. The molecule has 0 bridgehead atoms. The SMILES string of the molecule is CCCCCCCC/C=C/CCCCCCCCCCCCC(O)C(=O)NC(COC1OC(CO)C(O)C(O)C1OC(=O)CCCCCCCCCCCCCCCCCCCCCCCCCCC)C(O)/C=C/CCCCCCCCCCCCC. The highest BCUT2D eigenvalue weighted by molar-refractivity contribution is 5.80. The van der Waals surface area contributed by atoms with Gasteiger partial charge in [-0.15, -0.1) is 0 Å². The van der Waals surface area contributed by atoms with Crippen LogP contribution in [0.25, 0.3) is 0 Å². The summed E-state index contributed by atoms with van der Waals surface area (Å²) in [6.45, 7) is 5.86. The van der Waals surface area contributed by atoms with Crippen LogP contribution in [0.1, 0.15) is 387 Å². The number of ether oxygens (including phenoxy) is 3. The van der Waals surface area contributed by atoms with E-state index >= 15 is 0 Å². The van der Waals surface area contributed by atoms with Crippen LogP contribution in [0.4, 0.5) is 0 Å². The lowest BCUT2D eigenvalue weighted by Gasteiger charge is -2.41. The van der Waals surface area contributed by atoms with Gasteiger partial charge in [0.25, 0.3) is 0 Å². The molecule has 6 N–H and O–H groups in total. The molecule has 11 nitrogen and oxygen atoms in total. The number of aliphatic hydroxyl groups excluding tert-OH is 5. The first-order valence-corrected chi connectivity index (χ1v) is 38.1. The van der Waals surface area contributed by atoms with E-state index in [9.17, 15) is 35.1 Å². The van der Waals surface area contributed by atoms with Crippen molar-refractivity contribution in [1.82, 2.24) is 5.32 Å². The van der Waals surface area contributed by atoms with Crippen molar-refractivity contribution in [3.05, 3.63) is 24.3 Å². The Morgan fingerprint density at radius 3 is 1.11 bits per heavy atom. The van der Waals surface area contributed by atoms with E-state index in [2.05, 4.69) is 38.2 Å². The van der Waals surface area contributed by atoms with E-state index < -0.39 is 67.4 Å². The average Bonchev–Trinajstić information content (AvgIpc) is 1.52. The second-order valence-corrected chi connectivity index (χ2v) is 26.7. The van der Waals surface area contributed by atoms with E-state index in [1.807, 2.05) is 6.08 Å². The Morgan fingerprint density at radius 2 is 0.759 bits per heavy atom. The van der Waals surface area contributed by atoms with E-state index in [-0.39, 0.29) is 13.0 Å². The molecule has 1 heterocycles. The molecule has 0 saturated carbocycles. The van der Waals surface area contributed by atoms with E-state index in [0.717, 1.165) is 57.8 Å². The van der Waals surface area contributed by atoms with Gasteiger partial charge in [0.1, 0.15) is 24.4 Å². The summed E-state index contributed by atoms with van der Waals surface area (Å²) in [4.78, 5) is 26.7. The number of hydrogen-bond donors (Lipinski definition) is 6. The quantitative estimate of drug-likeness (QED) is 0.0195. The zero-order valence-electron chi connectivity index (χ0n) is 57.4. The number of rotatable bonds is 67. The van der Waals surface area contributed by atoms with Crippen LogP contribution < -0.4 is 5.32 Å². The molecule has 0 spiro atoms. The standard InChI is InChI=1S/C76H145NO10/c1-4-7-10-13-16-19-22-25-27-29-31-33-34-35-36-37-39-41-43-46-49-52-55-58-61-64-71(81)87-74-73(83)72(82)70(65-78)86-76(74)85-66-67(68(79)62-59-56-53-50-47-44-24-21-18-15-12-9-6-3)77-75(84)69(80)63-60-57-54-51-48-45-42-40-38-32-30-28-26-23-20-17-14-11-8-5-2/h26,28,59,62,67-70,72-74,76,78-80,82-83H,4-25,27,29-58,60-61,63-66H2,1-3H3,(H,77,84)/b28-26+,62-59+. The molecule has 1 rings (SSSR count). The molecule has 8 atom stereocenters. The molecule has 514 valence electrons. The zero-order valence-corrected chi connectivity index (χ0v) is 57.4. The first-order valence-electron chi connectivity index (χ1n) is 38.1. The van der Waals surface area contributed by atoms with Gasteiger partial charge in [-0.25, -0.2) is 0 Å². The average molecular weight is 1230 g/mol. The van der Waals surface area contributed by atoms with Crippen LogP contribution in [0.3, 0.4) is 0 Å². The molecule has 0 aromatic carbocycles. The first-order chi connectivity index (χ1) is 42.7. The van der Waals surface area contributed by atoms with Gasteiger partial charge in [-0.1, -0.05) is 353 Å². The van der Waals surface area contributed by atoms with Crippen LogP contribution in [0, 0.1) is 0 Å². The third-order valence-corrected chi connectivity index (χ3v) is 18.4. The molecule has 0 aliphatic carbocycles. The van der Waals surface area contributed by atoms with Gasteiger partial charge in [0.2, 0.25) is 5.91 Å². The molecular formula is C76H145NO10. The Morgan fingerprint density at radius 1 is 0.437 bits per heavy atom. The van der Waals surface area contributed by atoms with E-state index in [0.29, 0.717) is 19.3 Å². The predicted octanol–water partition coefficient (Wildman–Crippen LogP) is 20.0. The Labute approximate surface area is 537 Å². The van der Waals surface area contributed by atoms with Crippen molar-refractivity contribution >= 4 is 11.9 Å². The van der Waals surface area contributed by atoms with Gasteiger partial charge < -0.3 is 45.1 Å². The number of hydrogen-bond acceptors (Lipinski definition) is 10. The van der Waals surface area contributed by atoms with Gasteiger partial charge in [0.05, 0.1) is 25.4 Å². The molecule has 0 aromatic heterocycles. The molecule has 11 heteroatoms. The van der Waals surface area contributed by atoms with Crippen molar-refractivity contribution in [2.45, 2.75) is 436 Å². The molecule has 1 saturated heterocycles. The third kappa shape index (κ3) is 51.4. The Kier molecular flexibility index (Phi) is 61.4. The number of nitrogens with one attached hydrogen (secondary N) is 1. The number of amides is 1. The zero-order chi connectivity index (χ0) is 63.1. The molecule has 0 aromatic rings. The molecule has 1 aliphatic rings. The molecule has 1 amide bonds. The highest BCUT2D eigenvalue weighted by atomic mass is 16.7. The van der Waals surface area contributed by atoms with Crippen molar-refractivity contribution in [2.24, 2.45) is 0 Å². The second kappa shape index (κ2) is 64.3. The minimum atomic E-state index is -1.61. The molecule has 1 aliphatic heterocycles. The highest BCUT2D eigenvalue weighted by Crippen LogP contribution is 2.27. The number of carbonyl (C=O) groups excluding carboxylic acids is 2. The van der Waals surface area contributed by atoms with Crippen molar-refractivity contribution < 1.29 is 49.3 Å². The van der Waals surface area contributed by atoms with E-state index in [1.165, 1.54) is 283 Å². The summed E-state index contributed by atoms with van der Waals surface area (Å²) in [7, 11) is 0. The van der Waals surface area contributed by atoms with Gasteiger partial charge in [-0.05, 0) is 51.4 Å². The lowest BCUT2D eigenvalue weighted by molar-refractivity contribution is -0.305. The fourth-order valence-corrected chi connectivity index (χ4v) is 12.4. The number of aliphatic hydroxyl groups is 5. The predicted molar refractivity (Wildman–Crippen MR) is 366 cm³/mol. The van der Waals surface area contributed by atoms with Crippen LogP contribution in [0.2, 0.25) is 0 Å². The van der Waals surface area contributed by atoms with Crippen molar-refractivity contribution in [2.75, 3.05) is 13.2 Å². The normalized spacial score (nSPS) is 18.3. The minimum absolute atomic E-state index is 0.131. The second-order valence-electron chi connectivity index (χ2n) is 26.7. The van der Waals surface area contributed by atoms with Crippen LogP contribution in [-0.2, 0) is 23.8 Å². The van der Waals surface area contributed by atoms with Crippen LogP contribution in [0.15, 0.2) is 24.3 Å². The Balaban J connectivity index is 2.53. The maximum absolute atomic E-state index is 13.5. The number of allylic oxidation sites excluding steroid dienone is 3. The highest BCUT2D eigenvalue weighted by Gasteiger charge is 2.47. The first kappa shape index (κ1) is 83.2. The number of carbonyl (C=O) groups is 2. The summed E-state index contributed by atoms with van der Waals surface area (Å²) in [5, 5.41) is 57.4. The third-order valence-electron chi connectivity index (χ3n) is 18.4. The fourth-order valence-electron chi connectivity index (χ4n) is 12.4. The fraction of sp³-hybridized carbons (Fsp3) is 0.921. The molecule has 87 heavy (non-hydrogen) atoms. The summed E-state index contributed by atoms with van der Waals surface area (Å²) in [5.41, 5.74) is 0. The topological polar surface area (TPSA) is 175 Å². The minimum Gasteiger partial charge on any atom is -0.454 e. The van der Waals surface area contributed by atoms with Gasteiger partial charge in [0.15, 0.2) is 12.4 Å². The summed E-state index contributed by atoms with van der Waals surface area (Å²) in [6, 6.07) is -1.02. The monoisotopic (exact) mass is 1230 g/mol. The van der Waals surface area contributed by atoms with E-state index in [4.69, 9.17) is 14.2 Å². The molecule has 0 radical (unpaired) electrons. The van der Waals surface area contributed by atoms with Crippen LogP contribution in [-0.4, -0.2) is 99.6 Å². The van der Waals surface area contributed by atoms with Gasteiger partial charge in [-0.2, -0.15) is 0 Å². The Hall–Kier alpha value is -1.86. The van der Waals surface area contributed by atoms with Crippen LogP contribution >= 0.6 is 0 Å². The van der Waals surface area contributed by atoms with Crippen LogP contribution in [0.5, 0.6) is 0 Å². The van der Waals surface area contributed by atoms with Gasteiger partial charge in [-0.3, -0.25) is 9.59 Å². The van der Waals surface area contributed by atoms with E-state index in [1.54, 1.807) is 6.08 Å². The summed E-state index contributed by atoms with van der Waals surface area (Å²) < 4.78 is 17.7. The maximum Gasteiger partial charge on any atom is 0.306 e.